The molecule has 0 saturated carbocycles. The molecule has 0 unspecified atom stereocenters. The average Bonchev–Trinajstić information content (AvgIpc) is 2.52. The van der Waals surface area contributed by atoms with Gasteiger partial charge in [0, 0.05) is 0 Å². The van der Waals surface area contributed by atoms with Gasteiger partial charge >= 0.3 is 11.7 Å². The number of carbonyl (C=O) groups excluding carboxylic acids is 1. The average molecular weight is 375 g/mol. The summed E-state index contributed by atoms with van der Waals surface area (Å²) in [5, 5.41) is 25.4. The molecule has 1 aromatic carbocycles. The second-order valence-corrected chi connectivity index (χ2v) is 4.77. The second kappa shape index (κ2) is 9.37. The maximum atomic E-state index is 11.5. The number of anilines is 1. The second-order valence-electron chi connectivity index (χ2n) is 4.37. The molecule has 0 aliphatic carbocycles. The number of hydrazone groups is 1. The number of rotatable bonds is 8. The van der Waals surface area contributed by atoms with E-state index >= 15 is 0 Å². The van der Waals surface area contributed by atoms with Crippen LogP contribution in [0.25, 0.3) is 0 Å². The van der Waals surface area contributed by atoms with Crippen LogP contribution in [-0.4, -0.2) is 34.9 Å². The number of ether oxygens (including phenoxy) is 2. The molecule has 0 fully saturated rings. The summed E-state index contributed by atoms with van der Waals surface area (Å²) in [7, 11) is 0. The molecule has 0 aliphatic heterocycles. The molecule has 0 bridgehead atoms. The molecule has 0 amide bonds. The van der Waals surface area contributed by atoms with Crippen LogP contribution in [0.15, 0.2) is 17.2 Å². The van der Waals surface area contributed by atoms with E-state index in [1.165, 1.54) is 0 Å². The summed E-state index contributed by atoms with van der Waals surface area (Å²) >= 11 is 5.74. The van der Waals surface area contributed by atoms with Crippen LogP contribution in [0.1, 0.15) is 20.3 Å². The first-order valence-electron chi connectivity index (χ1n) is 7.03. The number of nitrogens with one attached hydrogen (secondary N) is 1. The highest BCUT2D eigenvalue weighted by molar-refractivity contribution is 6.33. The Morgan fingerprint density at radius 3 is 2.28 bits per heavy atom. The largest absolute Gasteiger partial charge is 0.480 e. The quantitative estimate of drug-likeness (QED) is 0.240. The van der Waals surface area contributed by atoms with Gasteiger partial charge in [-0.05, 0) is 19.9 Å². The van der Waals surface area contributed by atoms with E-state index < -0.39 is 27.2 Å². The van der Waals surface area contributed by atoms with Crippen molar-refractivity contribution in [3.8, 4) is 0 Å². The Hall–Kier alpha value is -2.95. The summed E-state index contributed by atoms with van der Waals surface area (Å²) in [5.41, 5.74) is 0.931. The first kappa shape index (κ1) is 20.1. The summed E-state index contributed by atoms with van der Waals surface area (Å²) in [6.45, 7) is 3.67. The van der Waals surface area contributed by atoms with E-state index in [1.807, 2.05) is 0 Å². The van der Waals surface area contributed by atoms with Gasteiger partial charge in [-0.3, -0.25) is 30.4 Å². The van der Waals surface area contributed by atoms with Gasteiger partial charge in [0.05, 0.1) is 29.1 Å². The number of nitro groups is 2. The van der Waals surface area contributed by atoms with Crippen LogP contribution in [0.3, 0.4) is 0 Å². The highest BCUT2D eigenvalue weighted by Crippen LogP contribution is 2.35. The van der Waals surface area contributed by atoms with Crippen LogP contribution in [-0.2, 0) is 14.3 Å². The Labute approximate surface area is 146 Å². The van der Waals surface area contributed by atoms with E-state index in [0.29, 0.717) is 6.07 Å². The third kappa shape index (κ3) is 5.88. The summed E-state index contributed by atoms with van der Waals surface area (Å²) < 4.78 is 9.91. The Morgan fingerprint density at radius 2 is 1.76 bits per heavy atom. The minimum absolute atomic E-state index is 0.0651. The molecule has 0 saturated heterocycles. The molecular formula is C13H15ClN4O7. The lowest BCUT2D eigenvalue weighted by Crippen LogP contribution is -2.15. The smallest absolute Gasteiger partial charge is 0.315 e. The number of nitrogens with zero attached hydrogens (tertiary/aromatic N) is 3. The van der Waals surface area contributed by atoms with E-state index in [1.54, 1.807) is 13.8 Å². The van der Waals surface area contributed by atoms with Gasteiger partial charge < -0.3 is 9.47 Å². The number of esters is 1. The van der Waals surface area contributed by atoms with Crippen molar-refractivity contribution >= 4 is 40.5 Å². The highest BCUT2D eigenvalue weighted by Gasteiger charge is 2.24. The molecule has 0 radical (unpaired) electrons. The lowest BCUT2D eigenvalue weighted by atomic mass is 10.2. The van der Waals surface area contributed by atoms with Crippen LogP contribution >= 0.6 is 11.6 Å². The molecule has 1 N–H and O–H groups in total. The molecule has 0 spiro atoms. The van der Waals surface area contributed by atoms with Crippen molar-refractivity contribution in [3.63, 3.8) is 0 Å². The zero-order chi connectivity index (χ0) is 19.0. The minimum atomic E-state index is -0.839. The number of nitro benzene ring substituents is 2. The molecule has 1 rings (SSSR count). The maximum absolute atomic E-state index is 11.5. The number of benzene rings is 1. The van der Waals surface area contributed by atoms with E-state index in [9.17, 15) is 25.0 Å². The Balaban J connectivity index is 3.13. The van der Waals surface area contributed by atoms with Gasteiger partial charge in [-0.1, -0.05) is 11.6 Å². The Morgan fingerprint density at radius 1 is 1.16 bits per heavy atom. The number of halogens is 1. The topological polar surface area (TPSA) is 146 Å². The van der Waals surface area contributed by atoms with Crippen LogP contribution in [0, 0.1) is 20.2 Å². The van der Waals surface area contributed by atoms with Crippen molar-refractivity contribution in [2.45, 2.75) is 20.3 Å². The van der Waals surface area contributed by atoms with Gasteiger partial charge in [0.25, 0.3) is 5.69 Å². The molecule has 25 heavy (non-hydrogen) atoms. The Kier molecular flexibility index (Phi) is 7.53. The summed E-state index contributed by atoms with van der Waals surface area (Å²) in [4.78, 5) is 31.7. The van der Waals surface area contributed by atoms with Crippen molar-refractivity contribution in [2.24, 2.45) is 5.10 Å². The predicted octanol–water partition coefficient (Wildman–Crippen LogP) is 2.87. The molecule has 0 aromatic heterocycles. The van der Waals surface area contributed by atoms with Crippen molar-refractivity contribution in [3.05, 3.63) is 37.4 Å². The van der Waals surface area contributed by atoms with E-state index in [0.717, 1.165) is 6.07 Å². The minimum Gasteiger partial charge on any atom is -0.480 e. The van der Waals surface area contributed by atoms with Gasteiger partial charge in [0.2, 0.25) is 5.90 Å². The molecule has 0 atom stereocenters. The lowest BCUT2D eigenvalue weighted by molar-refractivity contribution is -0.393. The van der Waals surface area contributed by atoms with Crippen LogP contribution < -0.4 is 5.43 Å². The van der Waals surface area contributed by atoms with Gasteiger partial charge in [-0.15, -0.1) is 5.10 Å². The highest BCUT2D eigenvalue weighted by atomic mass is 35.5. The Bertz CT molecular complexity index is 708. The van der Waals surface area contributed by atoms with Crippen molar-refractivity contribution in [2.75, 3.05) is 18.6 Å². The normalized spacial score (nSPS) is 10.9. The van der Waals surface area contributed by atoms with E-state index in [4.69, 9.17) is 21.1 Å². The summed E-state index contributed by atoms with van der Waals surface area (Å²) in [6.07, 6.45) is -0.289. The molecule has 12 heteroatoms. The molecule has 0 heterocycles. The summed E-state index contributed by atoms with van der Waals surface area (Å²) in [6, 6.07) is 1.71. The van der Waals surface area contributed by atoms with E-state index in [2.05, 4.69) is 10.5 Å². The van der Waals surface area contributed by atoms with Crippen molar-refractivity contribution in [1.29, 1.82) is 0 Å². The van der Waals surface area contributed by atoms with Crippen LogP contribution in [0.4, 0.5) is 17.1 Å². The van der Waals surface area contributed by atoms with Gasteiger partial charge in [0.15, 0.2) is 0 Å². The van der Waals surface area contributed by atoms with Crippen LogP contribution in [0.2, 0.25) is 5.02 Å². The predicted molar refractivity (Wildman–Crippen MR) is 88.7 cm³/mol. The molecule has 11 nitrogen and oxygen atoms in total. The van der Waals surface area contributed by atoms with Gasteiger partial charge in [-0.2, -0.15) is 0 Å². The first-order valence-corrected chi connectivity index (χ1v) is 7.41. The maximum Gasteiger partial charge on any atom is 0.315 e. The number of hydrogen-bond donors (Lipinski definition) is 1. The number of hydrogen-bond acceptors (Lipinski definition) is 9. The number of carbonyl (C=O) groups is 1. The fraction of sp³-hybridized carbons (Fsp3) is 0.385. The molecule has 0 aliphatic rings. The van der Waals surface area contributed by atoms with Gasteiger partial charge in [-0.25, -0.2) is 0 Å². The molecule has 136 valence electrons. The molecular weight excluding hydrogens is 360 g/mol. The third-order valence-corrected chi connectivity index (χ3v) is 2.97. The summed E-state index contributed by atoms with van der Waals surface area (Å²) in [5.74, 6) is -0.655. The fourth-order valence-corrected chi connectivity index (χ4v) is 1.91. The monoisotopic (exact) mass is 374 g/mol. The SMILES string of the molecule is CCOC(=O)C/C(=N\Nc1cc(Cl)c([N+](=O)[O-])cc1[N+](=O)[O-])OCC. The van der Waals surface area contributed by atoms with Crippen molar-refractivity contribution in [1.82, 2.24) is 0 Å². The van der Waals surface area contributed by atoms with Gasteiger partial charge in [0.1, 0.15) is 17.1 Å². The van der Waals surface area contributed by atoms with Crippen LogP contribution in [0.5, 0.6) is 0 Å². The zero-order valence-corrected chi connectivity index (χ0v) is 14.1. The third-order valence-electron chi connectivity index (χ3n) is 2.67. The first-order chi connectivity index (χ1) is 11.8. The lowest BCUT2D eigenvalue weighted by Gasteiger charge is -2.08. The van der Waals surface area contributed by atoms with Crippen molar-refractivity contribution < 1.29 is 24.1 Å². The fourth-order valence-electron chi connectivity index (χ4n) is 1.68. The standard InChI is InChI=1S/C13H15ClN4O7/c1-3-24-12(7-13(19)25-4-2)16-15-9-5-8(14)10(17(20)21)6-11(9)18(22)23/h5-6,15H,3-4,7H2,1-2H3/b16-12+. The van der Waals surface area contributed by atoms with E-state index in [-0.39, 0.29) is 36.2 Å². The molecule has 1 aromatic rings. The zero-order valence-electron chi connectivity index (χ0n) is 13.4.